The standard InChI is InChI=1S/C23H28Cl2N8/c1-30-10-12-31(13-11-30)17-20-14-22(33-23(29-20)18(15-26)16-27-33)28-19-2-4-21(5-3-19)32(8-6-24)9-7-25/h2-5,14,16,28H,6-13,17H2,1H3. The fourth-order valence-electron chi connectivity index (χ4n) is 3.97. The van der Waals surface area contributed by atoms with Gasteiger partial charge in [0, 0.05) is 75.0 Å². The van der Waals surface area contributed by atoms with Gasteiger partial charge in [0.2, 0.25) is 0 Å². The molecule has 1 saturated heterocycles. The van der Waals surface area contributed by atoms with E-state index >= 15 is 0 Å². The molecule has 0 amide bonds. The SMILES string of the molecule is CN1CCN(Cc2cc(Nc3ccc(N(CCCl)CCCl)cc3)n3ncc(C#N)c3n2)CC1. The summed E-state index contributed by atoms with van der Waals surface area (Å²) in [4.78, 5) is 11.6. The first-order valence-electron chi connectivity index (χ1n) is 11.0. The zero-order valence-corrected chi connectivity index (χ0v) is 20.2. The highest BCUT2D eigenvalue weighted by Gasteiger charge is 2.17. The van der Waals surface area contributed by atoms with E-state index in [-0.39, 0.29) is 0 Å². The predicted octanol–water partition coefficient (Wildman–Crippen LogP) is 3.38. The molecule has 0 atom stereocenters. The number of anilines is 3. The number of nitrogens with zero attached hydrogens (tertiary/aromatic N) is 7. The van der Waals surface area contributed by atoms with Crippen molar-refractivity contribution in [3.63, 3.8) is 0 Å². The summed E-state index contributed by atoms with van der Waals surface area (Å²) in [5, 5.41) is 17.4. The van der Waals surface area contributed by atoms with Gasteiger partial charge in [-0.3, -0.25) is 4.90 Å². The third-order valence-electron chi connectivity index (χ3n) is 5.84. The topological polar surface area (TPSA) is 75.7 Å². The lowest BCUT2D eigenvalue weighted by Gasteiger charge is -2.32. The molecule has 0 radical (unpaired) electrons. The van der Waals surface area contributed by atoms with Crippen LogP contribution in [-0.4, -0.2) is 82.5 Å². The molecule has 3 aromatic rings. The minimum Gasteiger partial charge on any atom is -0.369 e. The molecule has 0 aliphatic carbocycles. The summed E-state index contributed by atoms with van der Waals surface area (Å²) >= 11 is 11.9. The minimum absolute atomic E-state index is 0.464. The predicted molar refractivity (Wildman–Crippen MR) is 134 cm³/mol. The van der Waals surface area contributed by atoms with Crippen LogP contribution in [-0.2, 0) is 6.54 Å². The zero-order valence-electron chi connectivity index (χ0n) is 18.7. The number of nitrogens with one attached hydrogen (secondary N) is 1. The Kier molecular flexibility index (Phi) is 7.89. The smallest absolute Gasteiger partial charge is 0.175 e. The third kappa shape index (κ3) is 5.68. The van der Waals surface area contributed by atoms with Crippen molar-refractivity contribution >= 4 is 46.0 Å². The van der Waals surface area contributed by atoms with E-state index in [1.165, 1.54) is 0 Å². The average Bonchev–Trinajstić information content (AvgIpc) is 3.24. The van der Waals surface area contributed by atoms with Gasteiger partial charge < -0.3 is 15.1 Å². The highest BCUT2D eigenvalue weighted by Crippen LogP contribution is 2.24. The molecule has 1 aliphatic heterocycles. The molecule has 3 heterocycles. The molecule has 1 aromatic carbocycles. The summed E-state index contributed by atoms with van der Waals surface area (Å²) in [5.74, 6) is 1.86. The molecule has 1 N–H and O–H groups in total. The lowest BCUT2D eigenvalue weighted by atomic mass is 10.2. The molecule has 8 nitrogen and oxygen atoms in total. The molecule has 33 heavy (non-hydrogen) atoms. The average molecular weight is 487 g/mol. The summed E-state index contributed by atoms with van der Waals surface area (Å²) in [6.45, 7) is 6.30. The van der Waals surface area contributed by atoms with Crippen LogP contribution in [0, 0.1) is 11.3 Å². The van der Waals surface area contributed by atoms with E-state index < -0.39 is 0 Å². The lowest BCUT2D eigenvalue weighted by molar-refractivity contribution is 0.147. The first kappa shape index (κ1) is 23.6. The van der Waals surface area contributed by atoms with Crippen molar-refractivity contribution in [3.8, 4) is 6.07 Å². The molecule has 174 valence electrons. The molecule has 10 heteroatoms. The van der Waals surface area contributed by atoms with Gasteiger partial charge in [-0.1, -0.05) is 0 Å². The Bertz CT molecular complexity index is 1090. The number of nitriles is 1. The van der Waals surface area contributed by atoms with Gasteiger partial charge in [0.05, 0.1) is 11.9 Å². The number of hydrogen-bond donors (Lipinski definition) is 1. The Labute approximate surface area is 204 Å². The minimum atomic E-state index is 0.464. The summed E-state index contributed by atoms with van der Waals surface area (Å²) < 4.78 is 1.69. The van der Waals surface area contributed by atoms with Crippen LogP contribution in [0.25, 0.3) is 5.65 Å². The number of piperazine rings is 1. The van der Waals surface area contributed by atoms with Gasteiger partial charge in [0.25, 0.3) is 0 Å². The van der Waals surface area contributed by atoms with Gasteiger partial charge in [-0.15, -0.1) is 23.2 Å². The molecule has 0 saturated carbocycles. The van der Waals surface area contributed by atoms with Crippen LogP contribution in [0.4, 0.5) is 17.2 Å². The first-order chi connectivity index (χ1) is 16.1. The molecular formula is C23H28Cl2N8. The maximum Gasteiger partial charge on any atom is 0.175 e. The highest BCUT2D eigenvalue weighted by molar-refractivity contribution is 6.18. The number of rotatable bonds is 9. The number of fused-ring (bicyclic) bond motifs is 1. The van der Waals surface area contributed by atoms with E-state index in [0.29, 0.717) is 23.0 Å². The van der Waals surface area contributed by atoms with E-state index in [1.807, 2.05) is 18.2 Å². The highest BCUT2D eigenvalue weighted by atomic mass is 35.5. The van der Waals surface area contributed by atoms with Crippen LogP contribution in [0.5, 0.6) is 0 Å². The third-order valence-corrected chi connectivity index (χ3v) is 6.18. The van der Waals surface area contributed by atoms with Crippen LogP contribution in [0.3, 0.4) is 0 Å². The van der Waals surface area contributed by atoms with E-state index in [9.17, 15) is 5.26 Å². The number of benzene rings is 1. The van der Waals surface area contributed by atoms with Gasteiger partial charge in [0.1, 0.15) is 17.5 Å². The number of likely N-dealkylation sites (N-methyl/N-ethyl adjacent to an activating group) is 1. The Morgan fingerprint density at radius 2 is 1.79 bits per heavy atom. The number of aromatic nitrogens is 3. The quantitative estimate of drug-likeness (QED) is 0.464. The number of halogens is 2. The van der Waals surface area contributed by atoms with E-state index in [4.69, 9.17) is 28.2 Å². The van der Waals surface area contributed by atoms with Gasteiger partial charge in [0.15, 0.2) is 5.65 Å². The molecule has 0 spiro atoms. The van der Waals surface area contributed by atoms with Gasteiger partial charge in [-0.25, -0.2) is 4.98 Å². The van der Waals surface area contributed by atoms with Gasteiger partial charge >= 0.3 is 0 Å². The number of alkyl halides is 2. The molecule has 2 aromatic heterocycles. The Morgan fingerprint density at radius 3 is 2.42 bits per heavy atom. The van der Waals surface area contributed by atoms with Crippen molar-refractivity contribution in [1.29, 1.82) is 5.26 Å². The second-order valence-electron chi connectivity index (χ2n) is 8.15. The molecule has 0 unspecified atom stereocenters. The van der Waals surface area contributed by atoms with E-state index in [2.05, 4.69) is 50.4 Å². The summed E-state index contributed by atoms with van der Waals surface area (Å²) in [6, 6.07) is 12.4. The molecule has 0 bridgehead atoms. The molecule has 1 fully saturated rings. The van der Waals surface area contributed by atoms with Crippen LogP contribution >= 0.6 is 23.2 Å². The van der Waals surface area contributed by atoms with Crippen molar-refractivity contribution in [2.75, 3.05) is 68.3 Å². The summed E-state index contributed by atoms with van der Waals surface area (Å²) in [5.41, 5.74) is 3.94. The zero-order chi connectivity index (χ0) is 23.2. The molecular weight excluding hydrogens is 459 g/mol. The van der Waals surface area contributed by atoms with Crippen molar-refractivity contribution in [2.45, 2.75) is 6.54 Å². The van der Waals surface area contributed by atoms with E-state index in [1.54, 1.807) is 10.7 Å². The van der Waals surface area contributed by atoms with E-state index in [0.717, 1.165) is 68.7 Å². The summed E-state index contributed by atoms with van der Waals surface area (Å²) in [6.07, 6.45) is 1.56. The number of hydrogen-bond acceptors (Lipinski definition) is 7. The second-order valence-corrected chi connectivity index (χ2v) is 8.91. The Hall–Kier alpha value is -2.57. The van der Waals surface area contributed by atoms with Crippen molar-refractivity contribution in [2.24, 2.45) is 0 Å². The fourth-order valence-corrected chi connectivity index (χ4v) is 4.38. The van der Waals surface area contributed by atoms with Gasteiger partial charge in [-0.05, 0) is 31.3 Å². The largest absolute Gasteiger partial charge is 0.369 e. The van der Waals surface area contributed by atoms with Crippen molar-refractivity contribution in [1.82, 2.24) is 24.4 Å². The van der Waals surface area contributed by atoms with Gasteiger partial charge in [-0.2, -0.15) is 14.9 Å². The molecule has 1 aliphatic rings. The molecule has 4 rings (SSSR count). The van der Waals surface area contributed by atoms with Crippen molar-refractivity contribution in [3.05, 3.63) is 47.8 Å². The first-order valence-corrected chi connectivity index (χ1v) is 12.1. The Morgan fingerprint density at radius 1 is 1.09 bits per heavy atom. The van der Waals surface area contributed by atoms with Crippen LogP contribution in [0.2, 0.25) is 0 Å². The van der Waals surface area contributed by atoms with Crippen LogP contribution < -0.4 is 10.2 Å². The normalized spacial score (nSPS) is 15.0. The van der Waals surface area contributed by atoms with Crippen molar-refractivity contribution < 1.29 is 0 Å². The monoisotopic (exact) mass is 486 g/mol. The van der Waals surface area contributed by atoms with Crippen LogP contribution in [0.1, 0.15) is 11.3 Å². The Balaban J connectivity index is 1.58. The maximum absolute atomic E-state index is 9.51. The lowest BCUT2D eigenvalue weighted by Crippen LogP contribution is -2.44. The fraction of sp³-hybridized carbons (Fsp3) is 0.435. The van der Waals surface area contributed by atoms with Crippen LogP contribution in [0.15, 0.2) is 36.5 Å². The summed E-state index contributed by atoms with van der Waals surface area (Å²) in [7, 11) is 2.14. The maximum atomic E-state index is 9.51. The second kappa shape index (κ2) is 11.0.